The second-order valence-corrected chi connectivity index (χ2v) is 10.2. The van der Waals surface area contributed by atoms with Crippen LogP contribution < -0.4 is 11.0 Å². The Morgan fingerprint density at radius 1 is 0.946 bits per heavy atom. The molecular formula is C31H31N5O. The van der Waals surface area contributed by atoms with Crippen LogP contribution in [0.5, 0.6) is 0 Å². The molecule has 1 fully saturated rings. The van der Waals surface area contributed by atoms with Gasteiger partial charge in [-0.1, -0.05) is 73.9 Å². The van der Waals surface area contributed by atoms with E-state index in [-0.39, 0.29) is 11.0 Å². The maximum atomic E-state index is 14.4. The number of pyridine rings is 1. The summed E-state index contributed by atoms with van der Waals surface area (Å²) in [7, 11) is 0. The molecule has 1 saturated carbocycles. The Balaban J connectivity index is 1.47. The summed E-state index contributed by atoms with van der Waals surface area (Å²) in [6.45, 7) is 0.536. The highest BCUT2D eigenvalue weighted by atomic mass is 16.1. The van der Waals surface area contributed by atoms with E-state index in [0.29, 0.717) is 12.5 Å². The maximum absolute atomic E-state index is 14.4. The van der Waals surface area contributed by atoms with E-state index >= 15 is 0 Å². The molecule has 6 heteroatoms. The number of hydrogen-bond donors (Lipinski definition) is 1. The van der Waals surface area contributed by atoms with Crippen LogP contribution in [0.3, 0.4) is 0 Å². The van der Waals surface area contributed by atoms with Crippen LogP contribution in [0.1, 0.15) is 54.4 Å². The molecule has 0 unspecified atom stereocenters. The van der Waals surface area contributed by atoms with Crippen LogP contribution in [0.4, 0.5) is 5.95 Å². The van der Waals surface area contributed by atoms with Gasteiger partial charge in [-0.05, 0) is 54.5 Å². The summed E-state index contributed by atoms with van der Waals surface area (Å²) in [6.07, 6.45) is 12.5. The van der Waals surface area contributed by atoms with Gasteiger partial charge in [-0.15, -0.1) is 0 Å². The Labute approximate surface area is 217 Å². The van der Waals surface area contributed by atoms with Gasteiger partial charge in [0.05, 0.1) is 17.5 Å². The van der Waals surface area contributed by atoms with Gasteiger partial charge < -0.3 is 0 Å². The predicted molar refractivity (Wildman–Crippen MR) is 148 cm³/mol. The van der Waals surface area contributed by atoms with Crippen LogP contribution in [-0.4, -0.2) is 20.7 Å². The highest BCUT2D eigenvalue weighted by Crippen LogP contribution is 2.48. The highest BCUT2D eigenvalue weighted by Gasteiger charge is 2.43. The molecule has 0 saturated heterocycles. The number of anilines is 1. The van der Waals surface area contributed by atoms with Crippen molar-refractivity contribution < 1.29 is 0 Å². The summed E-state index contributed by atoms with van der Waals surface area (Å²) < 4.78 is 1.81. The number of benzene rings is 2. The molecule has 2 aromatic heterocycles. The smallest absolute Gasteiger partial charge is 0.259 e. The fraction of sp³-hybridized carbons (Fsp3) is 0.290. The predicted octanol–water partition coefficient (Wildman–Crippen LogP) is 5.75. The van der Waals surface area contributed by atoms with Crippen molar-refractivity contribution in [1.29, 1.82) is 0 Å². The largest absolute Gasteiger partial charge is 0.277 e. The van der Waals surface area contributed by atoms with Gasteiger partial charge in [0.25, 0.3) is 5.56 Å². The number of hydrogen-bond acceptors (Lipinski definition) is 5. The standard InChI is InChI=1S/C31H31N5O/c37-29-27-28(26-12-6-5-11-25(26)21-31(27)16-7-2-8-17-31)34-30(35-33-22-24-13-18-32-19-14-24)36(29)20-15-23-9-3-1-4-10-23/h1,3-6,9-14,18-19,22H,2,7-8,15-17,20-21H2,(H,34,35). The Bertz CT molecular complexity index is 1470. The van der Waals surface area contributed by atoms with Gasteiger partial charge in [0, 0.05) is 29.9 Å². The van der Waals surface area contributed by atoms with Gasteiger partial charge in [0.2, 0.25) is 5.95 Å². The molecule has 0 atom stereocenters. The lowest BCUT2D eigenvalue weighted by molar-refractivity contribution is 0.283. The zero-order valence-electron chi connectivity index (χ0n) is 20.9. The summed E-state index contributed by atoms with van der Waals surface area (Å²) in [5.74, 6) is 0.479. The summed E-state index contributed by atoms with van der Waals surface area (Å²) >= 11 is 0. The minimum absolute atomic E-state index is 0.0685. The van der Waals surface area contributed by atoms with Crippen LogP contribution in [-0.2, 0) is 24.8 Å². The molecule has 37 heavy (non-hydrogen) atoms. The van der Waals surface area contributed by atoms with E-state index in [9.17, 15) is 4.79 Å². The summed E-state index contributed by atoms with van der Waals surface area (Å²) in [5.41, 5.74) is 9.24. The first-order chi connectivity index (χ1) is 18.2. The van der Waals surface area contributed by atoms with Crippen molar-refractivity contribution in [3.05, 3.63) is 112 Å². The molecular weight excluding hydrogens is 458 g/mol. The van der Waals surface area contributed by atoms with Crippen LogP contribution in [0.25, 0.3) is 11.3 Å². The van der Waals surface area contributed by atoms with Gasteiger partial charge in [-0.25, -0.2) is 10.4 Å². The fourth-order valence-corrected chi connectivity index (χ4v) is 6.03. The number of rotatable bonds is 6. The first kappa shape index (κ1) is 23.3. The highest BCUT2D eigenvalue weighted by molar-refractivity contribution is 5.79. The third-order valence-corrected chi connectivity index (χ3v) is 7.86. The van der Waals surface area contributed by atoms with E-state index in [1.54, 1.807) is 23.2 Å². The molecule has 2 aromatic carbocycles. The monoisotopic (exact) mass is 489 g/mol. The average Bonchev–Trinajstić information content (AvgIpc) is 2.94. The molecule has 0 bridgehead atoms. The molecule has 2 aliphatic carbocycles. The van der Waals surface area contributed by atoms with Crippen LogP contribution >= 0.6 is 0 Å². The molecule has 0 amide bonds. The zero-order valence-corrected chi connectivity index (χ0v) is 20.9. The van der Waals surface area contributed by atoms with E-state index in [1.807, 2.05) is 36.4 Å². The Kier molecular flexibility index (Phi) is 6.39. The molecule has 1 spiro atoms. The minimum Gasteiger partial charge on any atom is -0.277 e. The number of aryl methyl sites for hydroxylation is 1. The van der Waals surface area contributed by atoms with E-state index in [2.05, 4.69) is 45.8 Å². The van der Waals surface area contributed by atoms with E-state index < -0.39 is 0 Å². The maximum Gasteiger partial charge on any atom is 0.259 e. The third-order valence-electron chi connectivity index (χ3n) is 7.86. The van der Waals surface area contributed by atoms with Gasteiger partial charge >= 0.3 is 0 Å². The summed E-state index contributed by atoms with van der Waals surface area (Å²) in [4.78, 5) is 23.6. The molecule has 2 heterocycles. The number of nitrogens with one attached hydrogen (secondary N) is 1. The van der Waals surface area contributed by atoms with Gasteiger partial charge in [0.15, 0.2) is 0 Å². The van der Waals surface area contributed by atoms with Gasteiger partial charge in [-0.3, -0.25) is 14.3 Å². The molecule has 0 aliphatic heterocycles. The number of nitrogens with zero attached hydrogens (tertiary/aromatic N) is 4. The topological polar surface area (TPSA) is 72.2 Å². The number of aromatic nitrogens is 3. The molecule has 4 aromatic rings. The quantitative estimate of drug-likeness (QED) is 0.276. The lowest BCUT2D eigenvalue weighted by Gasteiger charge is -2.42. The first-order valence-corrected chi connectivity index (χ1v) is 13.2. The average molecular weight is 490 g/mol. The second-order valence-electron chi connectivity index (χ2n) is 10.2. The summed E-state index contributed by atoms with van der Waals surface area (Å²) in [5, 5.41) is 4.45. The van der Waals surface area contributed by atoms with E-state index in [0.717, 1.165) is 60.9 Å². The van der Waals surface area contributed by atoms with Crippen LogP contribution in [0.15, 0.2) is 89.0 Å². The van der Waals surface area contributed by atoms with Crippen molar-refractivity contribution in [3.63, 3.8) is 0 Å². The van der Waals surface area contributed by atoms with Crippen molar-refractivity contribution in [3.8, 4) is 11.3 Å². The van der Waals surface area contributed by atoms with E-state index in [1.165, 1.54) is 17.5 Å². The molecule has 1 N–H and O–H groups in total. The third kappa shape index (κ3) is 4.59. The lowest BCUT2D eigenvalue weighted by atomic mass is 9.62. The van der Waals surface area contributed by atoms with Gasteiger partial charge in [0.1, 0.15) is 0 Å². The number of fused-ring (bicyclic) bond motifs is 4. The van der Waals surface area contributed by atoms with Crippen molar-refractivity contribution in [1.82, 2.24) is 14.5 Å². The van der Waals surface area contributed by atoms with Crippen molar-refractivity contribution in [2.45, 2.75) is 56.9 Å². The molecule has 6 nitrogen and oxygen atoms in total. The minimum atomic E-state index is -0.140. The zero-order chi connectivity index (χ0) is 25.1. The Hall–Kier alpha value is -4.06. The summed E-state index contributed by atoms with van der Waals surface area (Å²) in [6, 6.07) is 22.5. The van der Waals surface area contributed by atoms with E-state index in [4.69, 9.17) is 4.98 Å². The Morgan fingerprint density at radius 2 is 1.70 bits per heavy atom. The Morgan fingerprint density at radius 3 is 2.51 bits per heavy atom. The molecule has 186 valence electrons. The molecule has 2 aliphatic rings. The van der Waals surface area contributed by atoms with Crippen LogP contribution in [0, 0.1) is 0 Å². The van der Waals surface area contributed by atoms with Crippen LogP contribution in [0.2, 0.25) is 0 Å². The van der Waals surface area contributed by atoms with Crippen molar-refractivity contribution >= 4 is 12.2 Å². The fourth-order valence-electron chi connectivity index (χ4n) is 6.03. The van der Waals surface area contributed by atoms with Crippen molar-refractivity contribution in [2.24, 2.45) is 5.10 Å². The normalized spacial score (nSPS) is 15.9. The molecule has 6 rings (SSSR count). The number of hydrazone groups is 1. The molecule has 0 radical (unpaired) electrons. The first-order valence-electron chi connectivity index (χ1n) is 13.2. The van der Waals surface area contributed by atoms with Crippen molar-refractivity contribution in [2.75, 3.05) is 5.43 Å². The lowest BCUT2D eigenvalue weighted by Crippen LogP contribution is -2.43. The second kappa shape index (κ2) is 10.1. The van der Waals surface area contributed by atoms with Gasteiger partial charge in [-0.2, -0.15) is 5.10 Å². The SMILES string of the molecule is O=c1c2c(nc(NN=Cc3ccncc3)n1CCc1ccccc1)-c1ccccc1CC21CCCCC1.